The van der Waals surface area contributed by atoms with E-state index in [1.54, 1.807) is 0 Å². The highest BCUT2D eigenvalue weighted by atomic mass is 16.2. The minimum Gasteiger partial charge on any atom is -0.342 e. The Kier molecular flexibility index (Phi) is 4.43. The van der Waals surface area contributed by atoms with Gasteiger partial charge in [-0.15, -0.1) is 0 Å². The summed E-state index contributed by atoms with van der Waals surface area (Å²) in [6.45, 7) is 8.49. The lowest BCUT2D eigenvalue weighted by Gasteiger charge is -2.24. The topological polar surface area (TPSA) is 32.3 Å². The lowest BCUT2D eigenvalue weighted by Crippen LogP contribution is -2.37. The molecule has 2 saturated heterocycles. The standard InChI is InChI=1S/C14H26N2O/c1-11(2)12-4-3-8-16(9-6-12)14(17)13-5-7-15-10-13/h11-13,15H,3-10H2,1-2H3. The molecule has 2 atom stereocenters. The van der Waals surface area contributed by atoms with Crippen molar-refractivity contribution in [1.82, 2.24) is 10.2 Å². The Morgan fingerprint density at radius 1 is 1.24 bits per heavy atom. The first-order valence-corrected chi connectivity index (χ1v) is 7.18. The van der Waals surface area contributed by atoms with Crippen molar-refractivity contribution in [3.8, 4) is 0 Å². The lowest BCUT2D eigenvalue weighted by atomic mass is 9.89. The summed E-state index contributed by atoms with van der Waals surface area (Å²) >= 11 is 0. The van der Waals surface area contributed by atoms with Crippen LogP contribution < -0.4 is 5.32 Å². The number of nitrogens with zero attached hydrogens (tertiary/aromatic N) is 1. The van der Waals surface area contributed by atoms with Crippen LogP contribution in [0, 0.1) is 17.8 Å². The highest BCUT2D eigenvalue weighted by molar-refractivity contribution is 5.79. The molecule has 2 heterocycles. The van der Waals surface area contributed by atoms with Crippen molar-refractivity contribution in [3.05, 3.63) is 0 Å². The third-order valence-electron chi connectivity index (χ3n) is 4.44. The first-order chi connectivity index (χ1) is 8.18. The van der Waals surface area contributed by atoms with Gasteiger partial charge < -0.3 is 10.2 Å². The Morgan fingerprint density at radius 2 is 2.06 bits per heavy atom. The molecule has 2 fully saturated rings. The smallest absolute Gasteiger partial charge is 0.227 e. The van der Waals surface area contributed by atoms with Gasteiger partial charge in [-0.25, -0.2) is 0 Å². The molecule has 2 aliphatic heterocycles. The Morgan fingerprint density at radius 3 is 2.71 bits per heavy atom. The van der Waals surface area contributed by atoms with E-state index in [2.05, 4.69) is 24.1 Å². The van der Waals surface area contributed by atoms with Gasteiger partial charge in [-0.3, -0.25) is 4.79 Å². The van der Waals surface area contributed by atoms with E-state index in [9.17, 15) is 4.79 Å². The zero-order valence-corrected chi connectivity index (χ0v) is 11.2. The van der Waals surface area contributed by atoms with Crippen LogP contribution in [0.1, 0.15) is 39.5 Å². The minimum atomic E-state index is 0.255. The van der Waals surface area contributed by atoms with Crippen LogP contribution in [0.3, 0.4) is 0 Å². The summed E-state index contributed by atoms with van der Waals surface area (Å²) in [4.78, 5) is 14.4. The molecule has 17 heavy (non-hydrogen) atoms. The predicted molar refractivity (Wildman–Crippen MR) is 69.7 cm³/mol. The summed E-state index contributed by atoms with van der Waals surface area (Å²) in [7, 11) is 0. The summed E-state index contributed by atoms with van der Waals surface area (Å²) in [5.74, 6) is 2.23. The van der Waals surface area contributed by atoms with Crippen LogP contribution in [0.4, 0.5) is 0 Å². The van der Waals surface area contributed by atoms with E-state index in [-0.39, 0.29) is 5.92 Å². The second kappa shape index (κ2) is 5.85. The van der Waals surface area contributed by atoms with Crippen molar-refractivity contribution in [2.75, 3.05) is 26.2 Å². The monoisotopic (exact) mass is 238 g/mol. The second-order valence-corrected chi connectivity index (χ2v) is 5.95. The van der Waals surface area contributed by atoms with Gasteiger partial charge in [0.05, 0.1) is 5.92 Å². The SMILES string of the molecule is CC(C)C1CCCN(C(=O)C2CCNC2)CC1. The first-order valence-electron chi connectivity index (χ1n) is 7.18. The third-order valence-corrected chi connectivity index (χ3v) is 4.44. The summed E-state index contributed by atoms with van der Waals surface area (Å²) < 4.78 is 0. The Hall–Kier alpha value is -0.570. The zero-order chi connectivity index (χ0) is 12.3. The number of likely N-dealkylation sites (tertiary alicyclic amines) is 1. The van der Waals surface area contributed by atoms with Crippen LogP contribution in [-0.2, 0) is 4.79 Å². The molecule has 0 radical (unpaired) electrons. The maximum Gasteiger partial charge on any atom is 0.227 e. The highest BCUT2D eigenvalue weighted by Gasteiger charge is 2.29. The van der Waals surface area contributed by atoms with E-state index in [0.717, 1.165) is 44.4 Å². The molecule has 1 N–H and O–H groups in total. The summed E-state index contributed by atoms with van der Waals surface area (Å²) in [6, 6.07) is 0. The molecule has 98 valence electrons. The molecule has 0 spiro atoms. The number of rotatable bonds is 2. The Labute approximate surface area is 105 Å². The van der Waals surface area contributed by atoms with E-state index < -0.39 is 0 Å². The van der Waals surface area contributed by atoms with Gasteiger partial charge in [0.25, 0.3) is 0 Å². The molecular formula is C14H26N2O. The van der Waals surface area contributed by atoms with Gasteiger partial charge in [-0.1, -0.05) is 13.8 Å². The molecule has 1 amide bonds. The predicted octanol–water partition coefficient (Wildman–Crippen LogP) is 1.88. The summed E-state index contributed by atoms with van der Waals surface area (Å²) in [6.07, 6.45) is 4.71. The number of carbonyl (C=O) groups is 1. The van der Waals surface area contributed by atoms with E-state index in [1.165, 1.54) is 19.3 Å². The van der Waals surface area contributed by atoms with Crippen molar-refractivity contribution >= 4 is 5.91 Å². The fraction of sp³-hybridized carbons (Fsp3) is 0.929. The fourth-order valence-corrected chi connectivity index (χ4v) is 3.13. The van der Waals surface area contributed by atoms with E-state index in [1.807, 2.05) is 0 Å². The quantitative estimate of drug-likeness (QED) is 0.796. The van der Waals surface area contributed by atoms with Crippen molar-refractivity contribution in [2.45, 2.75) is 39.5 Å². The molecule has 0 aromatic rings. The molecule has 2 rings (SSSR count). The molecule has 0 aromatic heterocycles. The molecule has 2 unspecified atom stereocenters. The Bertz CT molecular complexity index is 259. The van der Waals surface area contributed by atoms with Crippen LogP contribution >= 0.6 is 0 Å². The normalized spacial score (nSPS) is 30.6. The van der Waals surface area contributed by atoms with Crippen LogP contribution in [0.2, 0.25) is 0 Å². The van der Waals surface area contributed by atoms with E-state index >= 15 is 0 Å². The zero-order valence-electron chi connectivity index (χ0n) is 11.2. The highest BCUT2D eigenvalue weighted by Crippen LogP contribution is 2.25. The first kappa shape index (κ1) is 12.9. The van der Waals surface area contributed by atoms with E-state index in [0.29, 0.717) is 5.91 Å². The molecule has 0 saturated carbocycles. The van der Waals surface area contributed by atoms with Crippen molar-refractivity contribution in [1.29, 1.82) is 0 Å². The molecule has 2 aliphatic rings. The molecule has 0 bridgehead atoms. The number of amides is 1. The van der Waals surface area contributed by atoms with Crippen molar-refractivity contribution < 1.29 is 4.79 Å². The van der Waals surface area contributed by atoms with Gasteiger partial charge in [0, 0.05) is 19.6 Å². The van der Waals surface area contributed by atoms with Gasteiger partial charge >= 0.3 is 0 Å². The number of nitrogens with one attached hydrogen (secondary N) is 1. The average molecular weight is 238 g/mol. The molecule has 3 heteroatoms. The van der Waals surface area contributed by atoms with Gasteiger partial charge in [-0.05, 0) is 44.1 Å². The maximum absolute atomic E-state index is 12.3. The minimum absolute atomic E-state index is 0.255. The van der Waals surface area contributed by atoms with Crippen molar-refractivity contribution in [3.63, 3.8) is 0 Å². The molecule has 3 nitrogen and oxygen atoms in total. The second-order valence-electron chi connectivity index (χ2n) is 5.95. The summed E-state index contributed by atoms with van der Waals surface area (Å²) in [5.41, 5.74) is 0. The van der Waals surface area contributed by atoms with Crippen LogP contribution in [0.5, 0.6) is 0 Å². The van der Waals surface area contributed by atoms with Crippen LogP contribution in [-0.4, -0.2) is 37.0 Å². The van der Waals surface area contributed by atoms with Gasteiger partial charge in [0.15, 0.2) is 0 Å². The maximum atomic E-state index is 12.3. The van der Waals surface area contributed by atoms with Gasteiger partial charge in [0.1, 0.15) is 0 Å². The lowest BCUT2D eigenvalue weighted by molar-refractivity contribution is -0.134. The number of carbonyl (C=O) groups excluding carboxylic acids is 1. The average Bonchev–Trinajstić information content (AvgIpc) is 2.71. The molecule has 0 aromatic carbocycles. The number of hydrogen-bond donors (Lipinski definition) is 1. The molecular weight excluding hydrogens is 212 g/mol. The number of hydrogen-bond acceptors (Lipinski definition) is 2. The molecule has 0 aliphatic carbocycles. The Balaban J connectivity index is 1.87. The van der Waals surface area contributed by atoms with E-state index in [4.69, 9.17) is 0 Å². The van der Waals surface area contributed by atoms with Gasteiger partial charge in [-0.2, -0.15) is 0 Å². The van der Waals surface area contributed by atoms with Crippen LogP contribution in [0.25, 0.3) is 0 Å². The van der Waals surface area contributed by atoms with Crippen LogP contribution in [0.15, 0.2) is 0 Å². The fourth-order valence-electron chi connectivity index (χ4n) is 3.13. The third kappa shape index (κ3) is 3.21. The van der Waals surface area contributed by atoms with Gasteiger partial charge in [0.2, 0.25) is 5.91 Å². The largest absolute Gasteiger partial charge is 0.342 e. The summed E-state index contributed by atoms with van der Waals surface area (Å²) in [5, 5.41) is 3.29. The van der Waals surface area contributed by atoms with Crippen molar-refractivity contribution in [2.24, 2.45) is 17.8 Å².